The number of nitrogens with one attached hydrogen (secondary N) is 2. The number of rotatable bonds is 4. The molecule has 1 aromatic heterocycles. The summed E-state index contributed by atoms with van der Waals surface area (Å²) < 4.78 is 0. The van der Waals surface area contributed by atoms with Crippen molar-refractivity contribution < 1.29 is 4.79 Å². The number of nitrogens with zero attached hydrogens (tertiary/aromatic N) is 3. The predicted octanol–water partition coefficient (Wildman–Crippen LogP) is 0.436. The van der Waals surface area contributed by atoms with Gasteiger partial charge in [0.25, 0.3) is 11.5 Å². The Labute approximate surface area is 154 Å². The lowest BCUT2D eigenvalue weighted by Gasteiger charge is -2.32. The number of aromatic amines is 1. The smallest absolute Gasteiger partial charge is 0.277 e. The van der Waals surface area contributed by atoms with E-state index in [9.17, 15) is 9.59 Å². The van der Waals surface area contributed by atoms with Crippen LogP contribution in [0.5, 0.6) is 0 Å². The van der Waals surface area contributed by atoms with Gasteiger partial charge in [-0.3, -0.25) is 14.5 Å². The van der Waals surface area contributed by atoms with Gasteiger partial charge in [0.1, 0.15) is 5.56 Å². The second kappa shape index (κ2) is 8.78. The van der Waals surface area contributed by atoms with Crippen LogP contribution in [0.4, 0.5) is 0 Å². The van der Waals surface area contributed by atoms with E-state index >= 15 is 0 Å². The Hall–Kier alpha value is -1.44. The lowest BCUT2D eigenvalue weighted by atomic mass is 10.0. The van der Waals surface area contributed by atoms with Crippen LogP contribution in [-0.2, 0) is 12.8 Å². The molecule has 0 bridgehead atoms. The minimum atomic E-state index is -0.361. The number of aromatic nitrogens is 2. The van der Waals surface area contributed by atoms with E-state index in [0.717, 1.165) is 50.4 Å². The van der Waals surface area contributed by atoms with Gasteiger partial charge in [0, 0.05) is 45.3 Å². The Morgan fingerprint density at radius 2 is 1.92 bits per heavy atom. The summed E-state index contributed by atoms with van der Waals surface area (Å²) in [6.07, 6.45) is 2.34. The largest absolute Gasteiger partial charge is 0.337 e. The molecule has 1 unspecified atom stereocenters. The summed E-state index contributed by atoms with van der Waals surface area (Å²) in [7, 11) is 0. The van der Waals surface area contributed by atoms with E-state index in [0.29, 0.717) is 31.0 Å². The number of halogens is 1. The highest BCUT2D eigenvalue weighted by Gasteiger charge is 2.33. The van der Waals surface area contributed by atoms with Gasteiger partial charge in [-0.2, -0.15) is 5.10 Å². The molecule has 2 saturated heterocycles. The number of amides is 1. The van der Waals surface area contributed by atoms with Crippen molar-refractivity contribution in [1.29, 1.82) is 0 Å². The summed E-state index contributed by atoms with van der Waals surface area (Å²) in [5.41, 5.74) is 1.56. The van der Waals surface area contributed by atoms with Crippen LogP contribution in [-0.4, -0.2) is 71.2 Å². The van der Waals surface area contributed by atoms with Crippen molar-refractivity contribution in [3.8, 4) is 0 Å². The molecule has 8 heteroatoms. The highest BCUT2D eigenvalue weighted by molar-refractivity contribution is 5.95. The first-order chi connectivity index (χ1) is 11.7. The molecule has 2 fully saturated rings. The summed E-state index contributed by atoms with van der Waals surface area (Å²) in [5, 5.41) is 9.96. The van der Waals surface area contributed by atoms with Crippen molar-refractivity contribution >= 4 is 18.3 Å². The average molecular weight is 370 g/mol. The lowest BCUT2D eigenvalue weighted by molar-refractivity contribution is 0.0770. The van der Waals surface area contributed by atoms with E-state index < -0.39 is 0 Å². The fourth-order valence-corrected chi connectivity index (χ4v) is 3.85. The monoisotopic (exact) mass is 369 g/mol. The van der Waals surface area contributed by atoms with Crippen molar-refractivity contribution in [2.24, 2.45) is 0 Å². The Morgan fingerprint density at radius 1 is 1.20 bits per heavy atom. The van der Waals surface area contributed by atoms with E-state index in [1.165, 1.54) is 0 Å². The Kier molecular flexibility index (Phi) is 6.98. The zero-order valence-electron chi connectivity index (χ0n) is 15.0. The Bertz CT molecular complexity index is 657. The van der Waals surface area contributed by atoms with E-state index in [-0.39, 0.29) is 23.9 Å². The second-order valence-corrected chi connectivity index (χ2v) is 6.54. The van der Waals surface area contributed by atoms with Gasteiger partial charge < -0.3 is 10.2 Å². The lowest BCUT2D eigenvalue weighted by Crippen LogP contribution is -2.49. The number of carbonyl (C=O) groups excluding carboxylic acids is 1. The van der Waals surface area contributed by atoms with Crippen LogP contribution in [0, 0.1) is 0 Å². The molecule has 140 valence electrons. The summed E-state index contributed by atoms with van der Waals surface area (Å²) in [4.78, 5) is 29.6. The van der Waals surface area contributed by atoms with Crippen molar-refractivity contribution in [3.63, 3.8) is 0 Å². The second-order valence-electron chi connectivity index (χ2n) is 6.54. The van der Waals surface area contributed by atoms with Crippen LogP contribution in [0.25, 0.3) is 0 Å². The van der Waals surface area contributed by atoms with Crippen LogP contribution >= 0.6 is 12.4 Å². The topological polar surface area (TPSA) is 81.3 Å². The molecule has 1 amide bonds. The first-order valence-corrected chi connectivity index (χ1v) is 9.00. The van der Waals surface area contributed by atoms with Gasteiger partial charge in [0.15, 0.2) is 0 Å². The third kappa shape index (κ3) is 4.04. The fraction of sp³-hybridized carbons (Fsp3) is 0.706. The number of hydrogen-bond acceptors (Lipinski definition) is 5. The van der Waals surface area contributed by atoms with Crippen molar-refractivity contribution in [2.75, 3.05) is 39.3 Å². The highest BCUT2D eigenvalue weighted by atomic mass is 35.5. The van der Waals surface area contributed by atoms with E-state index in [4.69, 9.17) is 0 Å². The summed E-state index contributed by atoms with van der Waals surface area (Å²) in [5.74, 6) is -0.136. The molecule has 3 rings (SSSR count). The molecule has 0 radical (unpaired) electrons. The van der Waals surface area contributed by atoms with Crippen molar-refractivity contribution in [3.05, 3.63) is 27.2 Å². The normalized spacial score (nSPS) is 21.2. The van der Waals surface area contributed by atoms with Gasteiger partial charge in [0.2, 0.25) is 0 Å². The average Bonchev–Trinajstić information content (AvgIpc) is 3.11. The molecule has 7 nitrogen and oxygen atoms in total. The summed E-state index contributed by atoms with van der Waals surface area (Å²) >= 11 is 0. The van der Waals surface area contributed by atoms with Gasteiger partial charge in [-0.25, -0.2) is 5.10 Å². The first-order valence-electron chi connectivity index (χ1n) is 9.00. The standard InChI is InChI=1S/C17H27N5O2.ClH/c1-3-13-14(4-2)19-20-16(23)15(13)17(24)22-8-5-12(11-22)21-9-6-18-7-10-21;/h12,18H,3-11H2,1-2H3,(H,20,23);1H. The number of hydrogen-bond donors (Lipinski definition) is 2. The molecule has 1 aromatic rings. The molecular weight excluding hydrogens is 342 g/mol. The molecule has 3 heterocycles. The molecular formula is C17H28ClN5O2. The minimum absolute atomic E-state index is 0. The number of H-pyrrole nitrogens is 1. The fourth-order valence-electron chi connectivity index (χ4n) is 3.85. The molecule has 0 aliphatic carbocycles. The van der Waals surface area contributed by atoms with E-state index in [1.54, 1.807) is 0 Å². The molecule has 1 atom stereocenters. The van der Waals surface area contributed by atoms with Gasteiger partial charge >= 0.3 is 0 Å². The number of aryl methyl sites for hydroxylation is 1. The quantitative estimate of drug-likeness (QED) is 0.804. The maximum atomic E-state index is 13.0. The summed E-state index contributed by atoms with van der Waals surface area (Å²) in [6, 6.07) is 0.410. The number of likely N-dealkylation sites (tertiary alicyclic amines) is 1. The van der Waals surface area contributed by atoms with Crippen LogP contribution in [0.1, 0.15) is 41.9 Å². The Morgan fingerprint density at radius 3 is 2.56 bits per heavy atom. The predicted molar refractivity (Wildman–Crippen MR) is 99.6 cm³/mol. The molecule has 0 saturated carbocycles. The van der Waals surface area contributed by atoms with Crippen molar-refractivity contribution in [1.82, 2.24) is 25.3 Å². The van der Waals surface area contributed by atoms with Gasteiger partial charge in [-0.1, -0.05) is 13.8 Å². The van der Waals surface area contributed by atoms with Crippen molar-refractivity contribution in [2.45, 2.75) is 39.2 Å². The molecule has 2 aliphatic heterocycles. The minimum Gasteiger partial charge on any atom is -0.337 e. The molecule has 0 aromatic carbocycles. The number of piperazine rings is 1. The maximum absolute atomic E-state index is 13.0. The first kappa shape index (κ1) is 19.9. The zero-order chi connectivity index (χ0) is 17.1. The number of carbonyl (C=O) groups is 1. The van der Waals surface area contributed by atoms with E-state index in [2.05, 4.69) is 20.4 Å². The third-order valence-corrected chi connectivity index (χ3v) is 5.19. The molecule has 2 aliphatic rings. The van der Waals surface area contributed by atoms with Gasteiger partial charge in [0.05, 0.1) is 5.69 Å². The Balaban J connectivity index is 0.00000225. The van der Waals surface area contributed by atoms with Gasteiger partial charge in [-0.05, 0) is 24.8 Å². The van der Waals surface area contributed by atoms with Crippen LogP contribution in [0.15, 0.2) is 4.79 Å². The van der Waals surface area contributed by atoms with E-state index in [1.807, 2.05) is 18.7 Å². The zero-order valence-corrected chi connectivity index (χ0v) is 15.8. The van der Waals surface area contributed by atoms with Gasteiger partial charge in [-0.15, -0.1) is 12.4 Å². The van der Waals surface area contributed by atoms with Crippen LogP contribution < -0.4 is 10.9 Å². The third-order valence-electron chi connectivity index (χ3n) is 5.19. The molecule has 2 N–H and O–H groups in total. The SMILES string of the molecule is CCc1n[nH]c(=O)c(C(=O)N2CCC(N3CCNCC3)C2)c1CC.Cl. The van der Waals surface area contributed by atoms with Crippen LogP contribution in [0.2, 0.25) is 0 Å². The molecule has 25 heavy (non-hydrogen) atoms. The summed E-state index contributed by atoms with van der Waals surface area (Å²) in [6.45, 7) is 9.48. The molecule has 0 spiro atoms. The van der Waals surface area contributed by atoms with Crippen LogP contribution in [0.3, 0.4) is 0 Å². The maximum Gasteiger partial charge on any atom is 0.277 e. The highest BCUT2D eigenvalue weighted by Crippen LogP contribution is 2.20.